The second kappa shape index (κ2) is 5.04. The maximum atomic E-state index is 11.5. The highest BCUT2D eigenvalue weighted by molar-refractivity contribution is 9.10. The number of non-ortho nitro benzene ring substituents is 1. The highest BCUT2D eigenvalue weighted by Gasteiger charge is 2.28. The Morgan fingerprint density at radius 3 is 2.64 bits per heavy atom. The first-order valence-corrected chi connectivity index (χ1v) is 8.30. The zero-order valence-electron chi connectivity index (χ0n) is 11.3. The largest absolute Gasteiger partial charge is 0.371 e. The molecule has 0 spiro atoms. The molecule has 112 valence electrons. The molecule has 2 aromatic carbocycles. The number of nitro groups is 1. The van der Waals surface area contributed by atoms with Crippen LogP contribution >= 0.6 is 31.9 Å². The van der Waals surface area contributed by atoms with Crippen LogP contribution in [0.1, 0.15) is 0 Å². The number of halogens is 2. The molecule has 1 aliphatic rings. The molecule has 5 nitrogen and oxygen atoms in total. The van der Waals surface area contributed by atoms with Gasteiger partial charge in [-0.3, -0.25) is 10.1 Å². The molecule has 22 heavy (non-hydrogen) atoms. The van der Waals surface area contributed by atoms with Gasteiger partial charge in [0.05, 0.1) is 24.2 Å². The first-order valence-electron chi connectivity index (χ1n) is 6.71. The number of benzene rings is 2. The molecule has 0 N–H and O–H groups in total. The molecule has 1 fully saturated rings. The number of rotatable bonds is 3. The van der Waals surface area contributed by atoms with Gasteiger partial charge in [0, 0.05) is 31.3 Å². The summed E-state index contributed by atoms with van der Waals surface area (Å²) in [7, 11) is 0. The fourth-order valence-corrected chi connectivity index (χ4v) is 3.67. The third-order valence-corrected chi connectivity index (χ3v) is 4.80. The van der Waals surface area contributed by atoms with Gasteiger partial charge in [0.1, 0.15) is 5.52 Å². The minimum atomic E-state index is -0.328. The van der Waals surface area contributed by atoms with Crippen LogP contribution in [0.25, 0.3) is 21.8 Å². The molecular formula is C15H10Br2N2O3. The predicted molar refractivity (Wildman–Crippen MR) is 91.2 cm³/mol. The number of epoxide rings is 1. The van der Waals surface area contributed by atoms with Crippen molar-refractivity contribution in [2.45, 2.75) is 12.6 Å². The van der Waals surface area contributed by atoms with Gasteiger partial charge >= 0.3 is 0 Å². The van der Waals surface area contributed by atoms with Gasteiger partial charge < -0.3 is 9.30 Å². The van der Waals surface area contributed by atoms with E-state index in [-0.39, 0.29) is 16.7 Å². The van der Waals surface area contributed by atoms with E-state index in [0.29, 0.717) is 23.1 Å². The molecule has 7 heteroatoms. The smallest absolute Gasteiger partial charge is 0.294 e. The van der Waals surface area contributed by atoms with E-state index in [1.807, 2.05) is 28.8 Å². The summed E-state index contributed by atoms with van der Waals surface area (Å²) >= 11 is 6.86. The third kappa shape index (κ3) is 2.24. The minimum absolute atomic E-state index is 0.109. The number of aromatic nitrogens is 1. The number of nitro benzene ring substituents is 1. The van der Waals surface area contributed by atoms with E-state index in [2.05, 4.69) is 31.9 Å². The van der Waals surface area contributed by atoms with Gasteiger partial charge in [-0.05, 0) is 24.3 Å². The molecule has 0 unspecified atom stereocenters. The second-order valence-electron chi connectivity index (χ2n) is 5.31. The van der Waals surface area contributed by atoms with Crippen LogP contribution in [0.4, 0.5) is 5.69 Å². The van der Waals surface area contributed by atoms with Crippen molar-refractivity contribution in [3.8, 4) is 0 Å². The number of hydrogen-bond donors (Lipinski definition) is 0. The molecule has 3 aromatic rings. The fraction of sp³-hybridized carbons (Fsp3) is 0.200. The summed E-state index contributed by atoms with van der Waals surface area (Å²) in [5, 5.41) is 13.4. The molecule has 1 atom stereocenters. The Kier molecular flexibility index (Phi) is 3.25. The Balaban J connectivity index is 2.16. The monoisotopic (exact) mass is 424 g/mol. The second-order valence-corrected chi connectivity index (χ2v) is 7.14. The van der Waals surface area contributed by atoms with Crippen LogP contribution in [-0.2, 0) is 11.3 Å². The average Bonchev–Trinajstić information content (AvgIpc) is 3.23. The first-order chi connectivity index (χ1) is 10.5. The van der Waals surface area contributed by atoms with E-state index in [1.54, 1.807) is 6.07 Å². The molecule has 2 heterocycles. The van der Waals surface area contributed by atoms with Crippen molar-refractivity contribution < 1.29 is 9.66 Å². The van der Waals surface area contributed by atoms with E-state index in [1.165, 1.54) is 0 Å². The number of nitrogens with zero attached hydrogens (tertiary/aromatic N) is 2. The van der Waals surface area contributed by atoms with Crippen LogP contribution in [0.5, 0.6) is 0 Å². The molecule has 0 aliphatic carbocycles. The molecule has 1 saturated heterocycles. The lowest BCUT2D eigenvalue weighted by Crippen LogP contribution is -2.05. The molecule has 4 rings (SSSR count). The van der Waals surface area contributed by atoms with E-state index in [9.17, 15) is 10.1 Å². The summed E-state index contributed by atoms with van der Waals surface area (Å²) < 4.78 is 8.97. The molecule has 0 radical (unpaired) electrons. The molecule has 0 bridgehead atoms. The van der Waals surface area contributed by atoms with Gasteiger partial charge in [-0.25, -0.2) is 0 Å². The minimum Gasteiger partial charge on any atom is -0.371 e. The zero-order chi connectivity index (χ0) is 15.4. The van der Waals surface area contributed by atoms with E-state index >= 15 is 0 Å². The van der Waals surface area contributed by atoms with Gasteiger partial charge in [-0.2, -0.15) is 0 Å². The van der Waals surface area contributed by atoms with E-state index in [4.69, 9.17) is 4.74 Å². The van der Waals surface area contributed by atoms with Crippen molar-refractivity contribution in [3.63, 3.8) is 0 Å². The lowest BCUT2D eigenvalue weighted by atomic mass is 10.1. The van der Waals surface area contributed by atoms with Gasteiger partial charge in [0.15, 0.2) is 0 Å². The molecule has 1 aliphatic heterocycles. The van der Waals surface area contributed by atoms with Crippen molar-refractivity contribution in [1.29, 1.82) is 0 Å². The summed E-state index contributed by atoms with van der Waals surface area (Å²) in [4.78, 5) is 11.2. The van der Waals surface area contributed by atoms with Gasteiger partial charge in [0.25, 0.3) is 5.69 Å². The highest BCUT2D eigenvalue weighted by Crippen LogP contribution is 2.39. The summed E-state index contributed by atoms with van der Waals surface area (Å²) in [5.74, 6) is 0. The van der Waals surface area contributed by atoms with Crippen LogP contribution in [-0.4, -0.2) is 22.2 Å². The molecule has 1 aromatic heterocycles. The maximum Gasteiger partial charge on any atom is 0.294 e. The lowest BCUT2D eigenvalue weighted by Gasteiger charge is -2.05. The van der Waals surface area contributed by atoms with E-state index < -0.39 is 0 Å². The summed E-state index contributed by atoms with van der Waals surface area (Å²) in [6.07, 6.45) is 0.144. The Hall–Kier alpha value is -1.44. The van der Waals surface area contributed by atoms with Crippen molar-refractivity contribution in [2.24, 2.45) is 0 Å². The van der Waals surface area contributed by atoms with Gasteiger partial charge in [-0.15, -0.1) is 0 Å². The maximum absolute atomic E-state index is 11.5. The van der Waals surface area contributed by atoms with Crippen molar-refractivity contribution in [3.05, 3.63) is 49.4 Å². The fourth-order valence-electron chi connectivity index (χ4n) is 2.86. The number of ether oxygens (including phenoxy) is 1. The summed E-state index contributed by atoms with van der Waals surface area (Å²) in [6, 6.07) is 9.42. The normalized spacial score (nSPS) is 17.3. The lowest BCUT2D eigenvalue weighted by molar-refractivity contribution is -0.383. The topological polar surface area (TPSA) is 60.6 Å². The predicted octanol–water partition coefficient (Wildman–Crippen LogP) is 4.63. The summed E-state index contributed by atoms with van der Waals surface area (Å²) in [6.45, 7) is 1.34. The van der Waals surface area contributed by atoms with Crippen molar-refractivity contribution in [1.82, 2.24) is 4.57 Å². The van der Waals surface area contributed by atoms with Crippen LogP contribution in [0.15, 0.2) is 39.3 Å². The quantitative estimate of drug-likeness (QED) is 0.349. The Morgan fingerprint density at radius 2 is 1.95 bits per heavy atom. The standard InChI is InChI=1S/C15H10Br2N2O3/c16-8-1-2-13-11(3-8)12-4-9(17)5-14(19(20)21)15(12)18(13)6-10-7-22-10/h1-5,10H,6-7H2/t10-/m0/s1. The van der Waals surface area contributed by atoms with Crippen molar-refractivity contribution >= 4 is 59.4 Å². The Labute approximate surface area is 142 Å². The summed E-state index contributed by atoms with van der Waals surface area (Å²) in [5.41, 5.74) is 1.74. The Bertz CT molecular complexity index is 932. The van der Waals surface area contributed by atoms with Crippen LogP contribution in [0.2, 0.25) is 0 Å². The SMILES string of the molecule is O=[N+]([O-])c1cc(Br)cc2c3cc(Br)ccc3n(C[C@H]3CO3)c12. The van der Waals surface area contributed by atoms with Crippen LogP contribution < -0.4 is 0 Å². The Morgan fingerprint density at radius 1 is 1.23 bits per heavy atom. The number of fused-ring (bicyclic) bond motifs is 3. The van der Waals surface area contributed by atoms with E-state index in [0.717, 1.165) is 20.8 Å². The molecule has 0 amide bonds. The van der Waals surface area contributed by atoms with Crippen molar-refractivity contribution in [2.75, 3.05) is 6.61 Å². The number of hydrogen-bond acceptors (Lipinski definition) is 3. The third-order valence-electron chi connectivity index (χ3n) is 3.85. The highest BCUT2D eigenvalue weighted by atomic mass is 79.9. The van der Waals surface area contributed by atoms with Crippen LogP contribution in [0.3, 0.4) is 0 Å². The van der Waals surface area contributed by atoms with Crippen LogP contribution in [0, 0.1) is 10.1 Å². The molecular weight excluding hydrogens is 416 g/mol. The van der Waals surface area contributed by atoms with Gasteiger partial charge in [-0.1, -0.05) is 31.9 Å². The zero-order valence-corrected chi connectivity index (χ0v) is 14.4. The molecule has 0 saturated carbocycles. The first kappa shape index (κ1) is 14.2. The average molecular weight is 426 g/mol. The van der Waals surface area contributed by atoms with Gasteiger partial charge in [0.2, 0.25) is 0 Å².